The standard InChI is InChI=1S/C18H12ClN3O3S/c19-15-7-5-12(6-8-15)17-21-22-18(25-17)26-11-16(23)24-10-14-4-2-1-3-13(14)9-20/h1-8H,10-11H2. The second-order valence-electron chi connectivity index (χ2n) is 5.10. The van der Waals surface area contributed by atoms with Crippen LogP contribution in [0.3, 0.4) is 0 Å². The summed E-state index contributed by atoms with van der Waals surface area (Å²) >= 11 is 6.93. The molecule has 1 aromatic heterocycles. The Hall–Kier alpha value is -2.82. The van der Waals surface area contributed by atoms with Gasteiger partial charge in [0.15, 0.2) is 0 Å². The summed E-state index contributed by atoms with van der Waals surface area (Å²) in [6.45, 7) is 0.0446. The van der Waals surface area contributed by atoms with E-state index in [1.54, 1.807) is 48.5 Å². The predicted molar refractivity (Wildman–Crippen MR) is 96.4 cm³/mol. The number of benzene rings is 2. The van der Waals surface area contributed by atoms with E-state index in [4.69, 9.17) is 26.0 Å². The summed E-state index contributed by atoms with van der Waals surface area (Å²) < 4.78 is 10.7. The number of carbonyl (C=O) groups excluding carboxylic acids is 1. The highest BCUT2D eigenvalue weighted by Crippen LogP contribution is 2.24. The molecule has 3 aromatic rings. The van der Waals surface area contributed by atoms with Crippen LogP contribution in [0.25, 0.3) is 11.5 Å². The number of nitrogens with zero attached hydrogens (tertiary/aromatic N) is 3. The topological polar surface area (TPSA) is 89.0 Å². The molecule has 0 radical (unpaired) electrons. The van der Waals surface area contributed by atoms with Crippen molar-refractivity contribution in [3.8, 4) is 17.5 Å². The number of esters is 1. The van der Waals surface area contributed by atoms with Gasteiger partial charge in [0.25, 0.3) is 5.22 Å². The molecule has 0 aliphatic heterocycles. The van der Waals surface area contributed by atoms with Crippen molar-refractivity contribution in [3.63, 3.8) is 0 Å². The number of rotatable bonds is 6. The largest absolute Gasteiger partial charge is 0.460 e. The van der Waals surface area contributed by atoms with Crippen LogP contribution >= 0.6 is 23.4 Å². The highest BCUT2D eigenvalue weighted by atomic mass is 35.5. The minimum atomic E-state index is -0.436. The van der Waals surface area contributed by atoms with Gasteiger partial charge in [0.1, 0.15) is 12.4 Å². The molecule has 2 aromatic carbocycles. The summed E-state index contributed by atoms with van der Waals surface area (Å²) in [5, 5.41) is 17.7. The quantitative estimate of drug-likeness (QED) is 0.466. The van der Waals surface area contributed by atoms with Crippen molar-refractivity contribution in [2.24, 2.45) is 0 Å². The Morgan fingerprint density at radius 2 is 1.96 bits per heavy atom. The average molecular weight is 386 g/mol. The molecule has 0 spiro atoms. The minimum Gasteiger partial charge on any atom is -0.460 e. The summed E-state index contributed by atoms with van der Waals surface area (Å²) in [7, 11) is 0. The van der Waals surface area contributed by atoms with Crippen molar-refractivity contribution in [3.05, 3.63) is 64.7 Å². The van der Waals surface area contributed by atoms with Crippen LogP contribution in [-0.4, -0.2) is 21.9 Å². The molecule has 0 saturated heterocycles. The van der Waals surface area contributed by atoms with Gasteiger partial charge in [0.2, 0.25) is 5.89 Å². The van der Waals surface area contributed by atoms with E-state index in [9.17, 15) is 4.79 Å². The lowest BCUT2D eigenvalue weighted by Gasteiger charge is -2.05. The smallest absolute Gasteiger partial charge is 0.316 e. The maximum atomic E-state index is 11.9. The Morgan fingerprint density at radius 3 is 2.73 bits per heavy atom. The molecule has 3 rings (SSSR count). The summed E-state index contributed by atoms with van der Waals surface area (Å²) in [5.41, 5.74) is 1.89. The normalized spacial score (nSPS) is 10.3. The molecule has 8 heteroatoms. The SMILES string of the molecule is N#Cc1ccccc1COC(=O)CSc1nnc(-c2ccc(Cl)cc2)o1. The van der Waals surface area contributed by atoms with E-state index in [-0.39, 0.29) is 17.6 Å². The fourth-order valence-corrected chi connectivity index (χ4v) is 2.74. The number of hydrogen-bond acceptors (Lipinski definition) is 7. The monoisotopic (exact) mass is 385 g/mol. The van der Waals surface area contributed by atoms with Gasteiger partial charge in [-0.05, 0) is 30.3 Å². The predicted octanol–water partition coefficient (Wildman–Crippen LogP) is 4.10. The van der Waals surface area contributed by atoms with Gasteiger partial charge in [-0.15, -0.1) is 10.2 Å². The molecule has 0 amide bonds. The average Bonchev–Trinajstić information content (AvgIpc) is 3.14. The number of thioether (sulfide) groups is 1. The number of aromatic nitrogens is 2. The molecule has 6 nitrogen and oxygen atoms in total. The maximum absolute atomic E-state index is 11.9. The van der Waals surface area contributed by atoms with E-state index in [0.717, 1.165) is 17.3 Å². The van der Waals surface area contributed by atoms with Gasteiger partial charge in [0.05, 0.1) is 11.6 Å². The zero-order chi connectivity index (χ0) is 18.4. The van der Waals surface area contributed by atoms with Gasteiger partial charge in [-0.2, -0.15) is 5.26 Å². The van der Waals surface area contributed by atoms with E-state index in [0.29, 0.717) is 22.0 Å². The van der Waals surface area contributed by atoms with Gasteiger partial charge in [-0.3, -0.25) is 4.79 Å². The van der Waals surface area contributed by atoms with Crippen LogP contribution in [0.2, 0.25) is 5.02 Å². The lowest BCUT2D eigenvalue weighted by Crippen LogP contribution is -2.08. The van der Waals surface area contributed by atoms with Gasteiger partial charge in [-0.1, -0.05) is 41.6 Å². The molecule has 0 N–H and O–H groups in total. The third-order valence-corrected chi connectivity index (χ3v) is 4.38. The Bertz CT molecular complexity index is 951. The van der Waals surface area contributed by atoms with Crippen LogP contribution in [0.1, 0.15) is 11.1 Å². The molecule has 26 heavy (non-hydrogen) atoms. The van der Waals surface area contributed by atoms with Gasteiger partial charge in [0, 0.05) is 16.1 Å². The van der Waals surface area contributed by atoms with Gasteiger partial charge >= 0.3 is 5.97 Å². The van der Waals surface area contributed by atoms with Crippen molar-refractivity contribution in [2.45, 2.75) is 11.8 Å². The zero-order valence-corrected chi connectivity index (χ0v) is 15.0. The van der Waals surface area contributed by atoms with E-state index in [2.05, 4.69) is 16.3 Å². The first kappa shape index (κ1) is 18.0. The first-order chi connectivity index (χ1) is 12.7. The molecule has 130 valence electrons. The fourth-order valence-electron chi connectivity index (χ4n) is 2.05. The van der Waals surface area contributed by atoms with Crippen molar-refractivity contribution in [1.82, 2.24) is 10.2 Å². The van der Waals surface area contributed by atoms with Crippen molar-refractivity contribution in [1.29, 1.82) is 5.26 Å². The molecular weight excluding hydrogens is 374 g/mol. The first-order valence-electron chi connectivity index (χ1n) is 7.51. The second kappa shape index (κ2) is 8.52. The lowest BCUT2D eigenvalue weighted by molar-refractivity contribution is -0.141. The van der Waals surface area contributed by atoms with E-state index in [1.165, 1.54) is 0 Å². The number of carbonyl (C=O) groups is 1. The molecule has 0 fully saturated rings. The molecular formula is C18H12ClN3O3S. The summed E-state index contributed by atoms with van der Waals surface area (Å²) in [4.78, 5) is 11.9. The molecule has 0 atom stereocenters. The van der Waals surface area contributed by atoms with E-state index < -0.39 is 5.97 Å². The van der Waals surface area contributed by atoms with Crippen molar-refractivity contribution in [2.75, 3.05) is 5.75 Å². The van der Waals surface area contributed by atoms with Crippen molar-refractivity contribution < 1.29 is 13.9 Å². The Morgan fingerprint density at radius 1 is 1.19 bits per heavy atom. The molecule has 0 bridgehead atoms. The summed E-state index contributed by atoms with van der Waals surface area (Å²) in [6.07, 6.45) is 0. The minimum absolute atomic E-state index is 0.0248. The van der Waals surface area contributed by atoms with Crippen LogP contribution in [0.4, 0.5) is 0 Å². The van der Waals surface area contributed by atoms with Crippen LogP contribution in [0, 0.1) is 11.3 Å². The zero-order valence-electron chi connectivity index (χ0n) is 13.4. The maximum Gasteiger partial charge on any atom is 0.316 e. The number of halogens is 1. The summed E-state index contributed by atoms with van der Waals surface area (Å²) in [5.74, 6) is -0.0637. The van der Waals surface area contributed by atoms with Crippen LogP contribution in [-0.2, 0) is 16.1 Å². The Labute approximate surface area is 158 Å². The van der Waals surface area contributed by atoms with Gasteiger partial charge in [-0.25, -0.2) is 0 Å². The van der Waals surface area contributed by atoms with Crippen molar-refractivity contribution >= 4 is 29.3 Å². The molecule has 0 aliphatic rings. The Balaban J connectivity index is 1.52. The number of ether oxygens (including phenoxy) is 1. The van der Waals surface area contributed by atoms with Gasteiger partial charge < -0.3 is 9.15 Å². The molecule has 0 unspecified atom stereocenters. The van der Waals surface area contributed by atoms with E-state index >= 15 is 0 Å². The van der Waals surface area contributed by atoms with Crippen LogP contribution in [0.5, 0.6) is 0 Å². The third kappa shape index (κ3) is 4.63. The fraction of sp³-hybridized carbons (Fsp3) is 0.111. The Kier molecular flexibility index (Phi) is 5.89. The highest BCUT2D eigenvalue weighted by molar-refractivity contribution is 7.99. The highest BCUT2D eigenvalue weighted by Gasteiger charge is 2.12. The second-order valence-corrected chi connectivity index (χ2v) is 6.46. The van der Waals surface area contributed by atoms with Crippen LogP contribution in [0.15, 0.2) is 58.2 Å². The third-order valence-electron chi connectivity index (χ3n) is 3.34. The molecule has 0 aliphatic carbocycles. The lowest BCUT2D eigenvalue weighted by atomic mass is 10.1. The first-order valence-corrected chi connectivity index (χ1v) is 8.88. The number of nitriles is 1. The molecule has 0 saturated carbocycles. The number of hydrogen-bond donors (Lipinski definition) is 0. The van der Waals surface area contributed by atoms with E-state index in [1.807, 2.05) is 0 Å². The summed E-state index contributed by atoms with van der Waals surface area (Å²) in [6, 6.07) is 16.0. The molecule has 1 heterocycles. The van der Waals surface area contributed by atoms with Crippen LogP contribution < -0.4 is 0 Å².